The van der Waals surface area contributed by atoms with Crippen molar-refractivity contribution >= 4 is 17.2 Å². The van der Waals surface area contributed by atoms with Crippen LogP contribution in [0.2, 0.25) is 0 Å². The lowest BCUT2D eigenvalue weighted by Gasteiger charge is -2.32. The van der Waals surface area contributed by atoms with Gasteiger partial charge in [0.1, 0.15) is 4.88 Å². The van der Waals surface area contributed by atoms with E-state index in [1.165, 1.54) is 11.3 Å². The highest BCUT2D eigenvalue weighted by Gasteiger charge is 2.19. The van der Waals surface area contributed by atoms with Crippen LogP contribution in [0.25, 0.3) is 5.69 Å². The summed E-state index contributed by atoms with van der Waals surface area (Å²) >= 11 is 1.48. The average molecular weight is 319 g/mol. The van der Waals surface area contributed by atoms with E-state index in [1.54, 1.807) is 0 Å². The molecule has 1 N–H and O–H groups in total. The predicted octanol–water partition coefficient (Wildman–Crippen LogP) is 1.99. The Morgan fingerprint density at radius 3 is 2.82 bits per heavy atom. The predicted molar refractivity (Wildman–Crippen MR) is 87.8 cm³/mol. The number of carbonyl (C=O) groups excluding carboxylic acids is 1. The molecule has 1 amide bonds. The van der Waals surface area contributed by atoms with Crippen LogP contribution < -0.4 is 5.32 Å². The van der Waals surface area contributed by atoms with Crippen molar-refractivity contribution in [1.29, 1.82) is 0 Å². The van der Waals surface area contributed by atoms with Crippen LogP contribution in [0, 0.1) is 0 Å². The number of carbonyl (C=O) groups is 1. The second kappa shape index (κ2) is 7.09. The van der Waals surface area contributed by atoms with E-state index >= 15 is 0 Å². The molecule has 5 nitrogen and oxygen atoms in total. The van der Waals surface area contributed by atoms with Crippen LogP contribution in [0.3, 0.4) is 0 Å². The van der Waals surface area contributed by atoms with Crippen LogP contribution in [-0.4, -0.2) is 54.3 Å². The number of hydrogen-bond donors (Lipinski definition) is 1. The molecule has 2 aromatic heterocycles. The Morgan fingerprint density at radius 1 is 1.36 bits per heavy atom. The van der Waals surface area contributed by atoms with Crippen molar-refractivity contribution in [3.05, 3.63) is 40.8 Å². The molecule has 1 fully saturated rings. The third kappa shape index (κ3) is 3.40. The maximum absolute atomic E-state index is 12.5. The molecule has 1 atom stereocenters. The van der Waals surface area contributed by atoms with Gasteiger partial charge in [-0.2, -0.15) is 0 Å². The molecule has 22 heavy (non-hydrogen) atoms. The Labute approximate surface area is 134 Å². The minimum Gasteiger partial charge on any atom is -0.379 e. The first-order chi connectivity index (χ1) is 10.8. The summed E-state index contributed by atoms with van der Waals surface area (Å²) in [5.41, 5.74) is 0.937. The zero-order valence-electron chi connectivity index (χ0n) is 12.7. The molecule has 3 heterocycles. The summed E-state index contributed by atoms with van der Waals surface area (Å²) in [5.74, 6) is -0.00110. The number of nitrogens with one attached hydrogen (secondary N) is 1. The normalized spacial score (nSPS) is 17.3. The number of morpholine rings is 1. The van der Waals surface area contributed by atoms with Crippen LogP contribution in [0.5, 0.6) is 0 Å². The van der Waals surface area contributed by atoms with Gasteiger partial charge in [-0.3, -0.25) is 9.69 Å². The molecular weight excluding hydrogens is 298 g/mol. The van der Waals surface area contributed by atoms with E-state index in [4.69, 9.17) is 4.74 Å². The molecule has 0 unspecified atom stereocenters. The van der Waals surface area contributed by atoms with E-state index in [-0.39, 0.29) is 5.91 Å². The van der Waals surface area contributed by atoms with Gasteiger partial charge in [0.2, 0.25) is 0 Å². The maximum atomic E-state index is 12.5. The molecule has 1 aliphatic rings. The SMILES string of the molecule is C[C@H](CNC(=O)c1sccc1-n1cccc1)N1CCOCC1. The first kappa shape index (κ1) is 15.3. The summed E-state index contributed by atoms with van der Waals surface area (Å²) in [5, 5.41) is 5.01. The lowest BCUT2D eigenvalue weighted by molar-refractivity contribution is 0.0204. The van der Waals surface area contributed by atoms with Crippen LogP contribution in [0.1, 0.15) is 16.6 Å². The zero-order valence-corrected chi connectivity index (χ0v) is 13.5. The number of thiophene rings is 1. The fourth-order valence-corrected chi connectivity index (χ4v) is 3.45. The first-order valence-electron chi connectivity index (χ1n) is 7.56. The van der Waals surface area contributed by atoms with Gasteiger partial charge < -0.3 is 14.6 Å². The van der Waals surface area contributed by atoms with Gasteiger partial charge in [-0.25, -0.2) is 0 Å². The maximum Gasteiger partial charge on any atom is 0.263 e. The van der Waals surface area contributed by atoms with Gasteiger partial charge in [-0.05, 0) is 30.5 Å². The standard InChI is InChI=1S/C16H21N3O2S/c1-13(18-7-9-21-10-8-18)12-17-16(20)15-14(4-11-22-15)19-5-2-3-6-19/h2-6,11,13H,7-10,12H2,1H3,(H,17,20)/t13-/m1/s1. The van der Waals surface area contributed by atoms with E-state index in [0.29, 0.717) is 12.6 Å². The summed E-state index contributed by atoms with van der Waals surface area (Å²) in [6.07, 6.45) is 3.91. The molecule has 0 aliphatic carbocycles. The summed E-state index contributed by atoms with van der Waals surface area (Å²) in [6.45, 7) is 6.23. The summed E-state index contributed by atoms with van der Waals surface area (Å²) in [6, 6.07) is 6.22. The Bertz CT molecular complexity index is 603. The third-order valence-corrected chi connectivity index (χ3v) is 4.86. The molecule has 2 aromatic rings. The minimum absolute atomic E-state index is 0.00110. The van der Waals surface area contributed by atoms with Gasteiger partial charge in [0, 0.05) is 38.1 Å². The fourth-order valence-electron chi connectivity index (χ4n) is 2.64. The van der Waals surface area contributed by atoms with Crippen molar-refractivity contribution in [3.8, 4) is 5.69 Å². The highest BCUT2D eigenvalue weighted by atomic mass is 32.1. The van der Waals surface area contributed by atoms with Crippen molar-refractivity contribution < 1.29 is 9.53 Å². The highest BCUT2D eigenvalue weighted by molar-refractivity contribution is 7.12. The van der Waals surface area contributed by atoms with Crippen molar-refractivity contribution in [2.75, 3.05) is 32.8 Å². The summed E-state index contributed by atoms with van der Waals surface area (Å²) in [4.78, 5) is 15.6. The number of ether oxygens (including phenoxy) is 1. The molecule has 0 aromatic carbocycles. The minimum atomic E-state index is -0.00110. The van der Waals surface area contributed by atoms with E-state index in [1.807, 2.05) is 40.5 Å². The molecule has 1 aliphatic heterocycles. The Hall–Kier alpha value is -1.63. The fraction of sp³-hybridized carbons (Fsp3) is 0.438. The average Bonchev–Trinajstić information content (AvgIpc) is 3.23. The van der Waals surface area contributed by atoms with Gasteiger partial charge in [-0.15, -0.1) is 11.3 Å². The van der Waals surface area contributed by atoms with E-state index in [0.717, 1.165) is 36.9 Å². The van der Waals surface area contributed by atoms with Crippen molar-refractivity contribution in [3.63, 3.8) is 0 Å². The lowest BCUT2D eigenvalue weighted by Crippen LogP contribution is -2.47. The number of nitrogens with zero attached hydrogens (tertiary/aromatic N) is 2. The van der Waals surface area contributed by atoms with Crippen molar-refractivity contribution in [1.82, 2.24) is 14.8 Å². The summed E-state index contributed by atoms with van der Waals surface area (Å²) in [7, 11) is 0. The summed E-state index contributed by atoms with van der Waals surface area (Å²) < 4.78 is 7.33. The number of rotatable bonds is 5. The molecule has 0 spiro atoms. The molecule has 0 radical (unpaired) electrons. The van der Waals surface area contributed by atoms with E-state index in [9.17, 15) is 4.79 Å². The smallest absolute Gasteiger partial charge is 0.263 e. The number of aromatic nitrogens is 1. The first-order valence-corrected chi connectivity index (χ1v) is 8.44. The molecule has 118 valence electrons. The third-order valence-electron chi connectivity index (χ3n) is 3.96. The van der Waals surface area contributed by atoms with Gasteiger partial charge >= 0.3 is 0 Å². The molecule has 3 rings (SSSR count). The number of hydrogen-bond acceptors (Lipinski definition) is 4. The lowest BCUT2D eigenvalue weighted by atomic mass is 10.2. The van der Waals surface area contributed by atoms with Crippen LogP contribution in [0.15, 0.2) is 36.0 Å². The largest absolute Gasteiger partial charge is 0.379 e. The molecule has 1 saturated heterocycles. The van der Waals surface area contributed by atoms with Crippen LogP contribution in [0.4, 0.5) is 0 Å². The van der Waals surface area contributed by atoms with Gasteiger partial charge in [-0.1, -0.05) is 0 Å². The quantitative estimate of drug-likeness (QED) is 0.917. The second-order valence-corrected chi connectivity index (χ2v) is 6.35. The van der Waals surface area contributed by atoms with Gasteiger partial charge in [0.05, 0.1) is 18.9 Å². The molecular formula is C16H21N3O2S. The Kier molecular flexibility index (Phi) is 4.92. The van der Waals surface area contributed by atoms with E-state index < -0.39 is 0 Å². The number of amides is 1. The highest BCUT2D eigenvalue weighted by Crippen LogP contribution is 2.21. The van der Waals surface area contributed by atoms with E-state index in [2.05, 4.69) is 17.1 Å². The van der Waals surface area contributed by atoms with Crippen LogP contribution in [-0.2, 0) is 4.74 Å². The Balaban J connectivity index is 1.59. The molecule has 6 heteroatoms. The topological polar surface area (TPSA) is 46.5 Å². The molecule has 0 bridgehead atoms. The van der Waals surface area contributed by atoms with Gasteiger partial charge in [0.15, 0.2) is 0 Å². The zero-order chi connectivity index (χ0) is 15.4. The van der Waals surface area contributed by atoms with Gasteiger partial charge in [0.25, 0.3) is 5.91 Å². The molecule has 0 saturated carbocycles. The van der Waals surface area contributed by atoms with Crippen LogP contribution >= 0.6 is 11.3 Å². The van der Waals surface area contributed by atoms with Crippen molar-refractivity contribution in [2.24, 2.45) is 0 Å². The Morgan fingerprint density at radius 2 is 2.09 bits per heavy atom. The monoisotopic (exact) mass is 319 g/mol. The van der Waals surface area contributed by atoms with Crippen molar-refractivity contribution in [2.45, 2.75) is 13.0 Å². The second-order valence-electron chi connectivity index (χ2n) is 5.43.